The smallest absolute Gasteiger partial charge is 0.132 e. The van der Waals surface area contributed by atoms with Crippen LogP contribution in [0.4, 0.5) is 0 Å². The minimum absolute atomic E-state index is 0.664. The molecule has 0 spiro atoms. The van der Waals surface area contributed by atoms with E-state index in [1.807, 2.05) is 22.6 Å². The average molecular weight is 289 g/mol. The monoisotopic (exact) mass is 287 g/mol. The van der Waals surface area contributed by atoms with Crippen LogP contribution in [0.3, 0.4) is 0 Å². The maximum atomic E-state index is 6.13. The highest BCUT2D eigenvalue weighted by atomic mass is 79.9. The van der Waals surface area contributed by atoms with Crippen molar-refractivity contribution in [1.82, 2.24) is 9.38 Å². The van der Waals surface area contributed by atoms with Crippen molar-refractivity contribution in [2.24, 2.45) is 5.73 Å². The Hall–Kier alpha value is -0.580. The fourth-order valence-corrected chi connectivity index (χ4v) is 2.33. The largest absolute Gasteiger partial charge is 0.330 e. The molecular formula is C10H11BrClN3. The number of fused-ring (bicyclic) bond motifs is 1. The number of hydrogen-bond donors (Lipinski definition) is 1. The van der Waals surface area contributed by atoms with Crippen molar-refractivity contribution in [2.75, 3.05) is 6.54 Å². The summed E-state index contributed by atoms with van der Waals surface area (Å²) in [6.07, 6.45) is 1.75. The molecule has 0 aliphatic heterocycles. The highest BCUT2D eigenvalue weighted by Crippen LogP contribution is 2.23. The van der Waals surface area contributed by atoms with Crippen molar-refractivity contribution in [1.29, 1.82) is 0 Å². The lowest BCUT2D eigenvalue weighted by molar-refractivity contribution is 0.777. The van der Waals surface area contributed by atoms with Crippen LogP contribution in [0.1, 0.15) is 12.2 Å². The Morgan fingerprint density at radius 1 is 1.47 bits per heavy atom. The fraction of sp³-hybridized carbons (Fsp3) is 0.300. The highest BCUT2D eigenvalue weighted by molar-refractivity contribution is 9.10. The first-order chi connectivity index (χ1) is 7.24. The van der Waals surface area contributed by atoms with Crippen molar-refractivity contribution < 1.29 is 0 Å². The Kier molecular flexibility index (Phi) is 3.29. The second-order valence-corrected chi connectivity index (χ2v) is 4.42. The lowest BCUT2D eigenvalue weighted by Crippen LogP contribution is -2.03. The predicted molar refractivity (Wildman–Crippen MR) is 65.3 cm³/mol. The van der Waals surface area contributed by atoms with Crippen molar-refractivity contribution >= 4 is 33.0 Å². The zero-order valence-electron chi connectivity index (χ0n) is 8.08. The molecule has 5 heteroatoms. The van der Waals surface area contributed by atoms with Gasteiger partial charge < -0.3 is 5.73 Å². The fourth-order valence-electron chi connectivity index (χ4n) is 1.55. The van der Waals surface area contributed by atoms with Gasteiger partial charge >= 0.3 is 0 Å². The minimum Gasteiger partial charge on any atom is -0.330 e. The first-order valence-corrected chi connectivity index (χ1v) is 5.92. The van der Waals surface area contributed by atoms with Crippen LogP contribution in [0.2, 0.25) is 5.15 Å². The van der Waals surface area contributed by atoms with Crippen LogP contribution in [-0.4, -0.2) is 15.9 Å². The molecule has 0 saturated heterocycles. The van der Waals surface area contributed by atoms with E-state index in [1.54, 1.807) is 0 Å². The van der Waals surface area contributed by atoms with Gasteiger partial charge in [-0.25, -0.2) is 4.98 Å². The Morgan fingerprint density at radius 2 is 2.27 bits per heavy atom. The number of imidazole rings is 1. The van der Waals surface area contributed by atoms with E-state index in [4.69, 9.17) is 17.3 Å². The number of aromatic nitrogens is 2. The number of aryl methyl sites for hydroxylation is 1. The maximum absolute atomic E-state index is 6.13. The van der Waals surface area contributed by atoms with E-state index in [2.05, 4.69) is 20.9 Å². The summed E-state index contributed by atoms with van der Waals surface area (Å²) in [5.41, 5.74) is 6.48. The number of nitrogens with two attached hydrogens (primary N) is 1. The Balaban J connectivity index is 2.54. The predicted octanol–water partition coefficient (Wildman–Crippen LogP) is 2.64. The number of nitrogens with zero attached hydrogens (tertiary/aromatic N) is 2. The molecule has 80 valence electrons. The van der Waals surface area contributed by atoms with Crippen LogP contribution < -0.4 is 5.73 Å². The summed E-state index contributed by atoms with van der Waals surface area (Å²) in [5, 5.41) is 0.678. The molecule has 15 heavy (non-hydrogen) atoms. The Labute approximate surface area is 101 Å². The standard InChI is InChI=1S/C10H11BrClN3/c11-10-7-3-1-4-8(12)15(7)9(14-10)5-2-6-13/h1,3-4H,2,5-6,13H2. The molecule has 0 amide bonds. The SMILES string of the molecule is NCCCc1nc(Br)c2cccc(Cl)n12. The molecule has 2 N–H and O–H groups in total. The van der Waals surface area contributed by atoms with Gasteiger partial charge in [0.15, 0.2) is 0 Å². The summed E-state index contributed by atoms with van der Waals surface area (Å²) < 4.78 is 2.78. The molecule has 3 nitrogen and oxygen atoms in total. The van der Waals surface area contributed by atoms with Crippen molar-refractivity contribution in [3.05, 3.63) is 33.8 Å². The third kappa shape index (κ3) is 2.02. The van der Waals surface area contributed by atoms with Gasteiger partial charge in [-0.1, -0.05) is 17.7 Å². The van der Waals surface area contributed by atoms with E-state index in [0.717, 1.165) is 28.8 Å². The van der Waals surface area contributed by atoms with Crippen LogP contribution in [0.25, 0.3) is 5.52 Å². The van der Waals surface area contributed by atoms with E-state index in [9.17, 15) is 0 Å². The van der Waals surface area contributed by atoms with Gasteiger partial charge in [0, 0.05) is 6.42 Å². The van der Waals surface area contributed by atoms with Crippen LogP contribution in [0.5, 0.6) is 0 Å². The molecule has 2 rings (SSSR count). The summed E-state index contributed by atoms with van der Waals surface area (Å²) >= 11 is 9.55. The molecular weight excluding hydrogens is 277 g/mol. The van der Waals surface area contributed by atoms with Crippen LogP contribution >= 0.6 is 27.5 Å². The van der Waals surface area contributed by atoms with Crippen molar-refractivity contribution in [3.8, 4) is 0 Å². The molecule has 0 bridgehead atoms. The molecule has 2 heterocycles. The van der Waals surface area contributed by atoms with Gasteiger partial charge in [-0.15, -0.1) is 0 Å². The second kappa shape index (κ2) is 4.51. The van der Waals surface area contributed by atoms with Gasteiger partial charge in [-0.3, -0.25) is 4.40 Å². The van der Waals surface area contributed by atoms with Crippen LogP contribution in [0.15, 0.2) is 22.8 Å². The van der Waals surface area contributed by atoms with Crippen molar-refractivity contribution in [3.63, 3.8) is 0 Å². The molecule has 0 fully saturated rings. The number of pyridine rings is 1. The van der Waals surface area contributed by atoms with Gasteiger partial charge in [-0.05, 0) is 41.0 Å². The van der Waals surface area contributed by atoms with E-state index in [0.29, 0.717) is 11.7 Å². The number of hydrogen-bond acceptors (Lipinski definition) is 2. The maximum Gasteiger partial charge on any atom is 0.132 e. The average Bonchev–Trinajstić information content (AvgIpc) is 2.55. The van der Waals surface area contributed by atoms with E-state index >= 15 is 0 Å². The topological polar surface area (TPSA) is 43.3 Å². The molecule has 0 saturated carbocycles. The first kappa shape index (κ1) is 10.9. The van der Waals surface area contributed by atoms with Gasteiger partial charge in [0.1, 0.15) is 15.6 Å². The quantitative estimate of drug-likeness (QED) is 0.882. The van der Waals surface area contributed by atoms with Crippen molar-refractivity contribution in [2.45, 2.75) is 12.8 Å². The molecule has 0 atom stereocenters. The normalized spacial score (nSPS) is 11.1. The summed E-state index contributed by atoms with van der Waals surface area (Å²) in [5.74, 6) is 0.952. The second-order valence-electron chi connectivity index (χ2n) is 3.28. The third-order valence-corrected chi connectivity index (χ3v) is 3.12. The molecule has 2 aromatic heterocycles. The first-order valence-electron chi connectivity index (χ1n) is 4.75. The summed E-state index contributed by atoms with van der Waals surface area (Å²) in [6.45, 7) is 0.664. The summed E-state index contributed by atoms with van der Waals surface area (Å²) in [4.78, 5) is 4.43. The van der Waals surface area contributed by atoms with Gasteiger partial charge in [-0.2, -0.15) is 0 Å². The number of rotatable bonds is 3. The van der Waals surface area contributed by atoms with Crippen LogP contribution in [0, 0.1) is 0 Å². The lowest BCUT2D eigenvalue weighted by atomic mass is 10.3. The lowest BCUT2D eigenvalue weighted by Gasteiger charge is -2.02. The highest BCUT2D eigenvalue weighted by Gasteiger charge is 2.10. The van der Waals surface area contributed by atoms with E-state index < -0.39 is 0 Å². The van der Waals surface area contributed by atoms with Crippen LogP contribution in [-0.2, 0) is 6.42 Å². The molecule has 0 aromatic carbocycles. The summed E-state index contributed by atoms with van der Waals surface area (Å²) in [7, 11) is 0. The van der Waals surface area contributed by atoms with E-state index in [-0.39, 0.29) is 0 Å². The molecule has 0 radical (unpaired) electrons. The van der Waals surface area contributed by atoms with Gasteiger partial charge in [0.2, 0.25) is 0 Å². The van der Waals surface area contributed by atoms with Gasteiger partial charge in [0.25, 0.3) is 0 Å². The Bertz CT molecular complexity index is 481. The molecule has 0 aliphatic rings. The third-order valence-electron chi connectivity index (χ3n) is 2.24. The zero-order valence-corrected chi connectivity index (χ0v) is 10.4. The zero-order chi connectivity index (χ0) is 10.8. The van der Waals surface area contributed by atoms with Gasteiger partial charge in [0.05, 0.1) is 5.52 Å². The summed E-state index contributed by atoms with van der Waals surface area (Å²) in [6, 6.07) is 5.75. The molecule has 0 aliphatic carbocycles. The Morgan fingerprint density at radius 3 is 3.00 bits per heavy atom. The number of halogens is 2. The molecule has 0 unspecified atom stereocenters. The molecule has 2 aromatic rings. The van der Waals surface area contributed by atoms with E-state index in [1.165, 1.54) is 0 Å². The minimum atomic E-state index is 0.664.